The van der Waals surface area contributed by atoms with Crippen molar-refractivity contribution in [2.24, 2.45) is 0 Å². The van der Waals surface area contributed by atoms with E-state index in [-0.39, 0.29) is 11.9 Å². The summed E-state index contributed by atoms with van der Waals surface area (Å²) in [7, 11) is 0. The van der Waals surface area contributed by atoms with Gasteiger partial charge in [-0.05, 0) is 30.8 Å². The third-order valence-electron chi connectivity index (χ3n) is 3.71. The van der Waals surface area contributed by atoms with Gasteiger partial charge < -0.3 is 4.90 Å². The van der Waals surface area contributed by atoms with Gasteiger partial charge in [0.25, 0.3) is 5.91 Å². The Bertz CT molecular complexity index is 314. The van der Waals surface area contributed by atoms with Gasteiger partial charge in [-0.15, -0.1) is 0 Å². The predicted octanol–water partition coefficient (Wildman–Crippen LogP) is 1.99. The molecule has 0 aromatic heterocycles. The second kappa shape index (κ2) is 5.29. The molecule has 0 aromatic rings. The molecule has 0 radical (unpaired) electrons. The molecule has 1 aliphatic carbocycles. The van der Waals surface area contributed by atoms with Crippen molar-refractivity contribution < 1.29 is 9.59 Å². The minimum atomic E-state index is -0.492. The molecule has 5 heteroatoms. The second-order valence-corrected chi connectivity index (χ2v) is 6.09. The summed E-state index contributed by atoms with van der Waals surface area (Å²) in [4.78, 5) is 25.5. The van der Waals surface area contributed by atoms with E-state index in [1.54, 1.807) is 4.90 Å². The molecular formula is C12H20N2O2S. The van der Waals surface area contributed by atoms with Crippen molar-refractivity contribution in [3.63, 3.8) is 0 Å². The molecule has 2 rings (SSSR count). The van der Waals surface area contributed by atoms with Crippen LogP contribution in [0.3, 0.4) is 0 Å². The lowest BCUT2D eigenvalue weighted by atomic mass is 9.96. The van der Waals surface area contributed by atoms with Gasteiger partial charge in [0.1, 0.15) is 5.54 Å². The highest BCUT2D eigenvalue weighted by molar-refractivity contribution is 7.99. The zero-order chi connectivity index (χ0) is 12.3. The standard InChI is InChI=1S/C12H20N2O2S/c1-2-17-9-5-8-14-11(16)13-10(15)12(14)6-3-4-7-12/h2-9H2,1H3,(H,13,15,16). The number of hydrogen-bond acceptors (Lipinski definition) is 3. The zero-order valence-electron chi connectivity index (χ0n) is 10.3. The number of nitrogens with one attached hydrogen (secondary N) is 1. The Morgan fingerprint density at radius 1 is 1.35 bits per heavy atom. The molecular weight excluding hydrogens is 236 g/mol. The molecule has 1 heterocycles. The molecule has 4 nitrogen and oxygen atoms in total. The summed E-state index contributed by atoms with van der Waals surface area (Å²) in [6.45, 7) is 2.85. The van der Waals surface area contributed by atoms with E-state index in [0.29, 0.717) is 6.54 Å². The highest BCUT2D eigenvalue weighted by Gasteiger charge is 2.53. The number of nitrogens with zero attached hydrogens (tertiary/aromatic N) is 1. The van der Waals surface area contributed by atoms with Crippen molar-refractivity contribution in [3.8, 4) is 0 Å². The number of urea groups is 1. The summed E-state index contributed by atoms with van der Waals surface area (Å²) in [6, 6.07) is -0.182. The van der Waals surface area contributed by atoms with Crippen molar-refractivity contribution in [1.82, 2.24) is 10.2 Å². The van der Waals surface area contributed by atoms with E-state index in [0.717, 1.165) is 43.6 Å². The molecule has 1 saturated carbocycles. The van der Waals surface area contributed by atoms with Gasteiger partial charge in [-0.3, -0.25) is 10.1 Å². The van der Waals surface area contributed by atoms with Crippen LogP contribution in [0, 0.1) is 0 Å². The van der Waals surface area contributed by atoms with Gasteiger partial charge >= 0.3 is 6.03 Å². The molecule has 0 bridgehead atoms. The second-order valence-electron chi connectivity index (χ2n) is 4.70. The van der Waals surface area contributed by atoms with Crippen molar-refractivity contribution in [1.29, 1.82) is 0 Å². The molecule has 1 saturated heterocycles. The lowest BCUT2D eigenvalue weighted by molar-refractivity contribution is -0.126. The lowest BCUT2D eigenvalue weighted by Gasteiger charge is -2.31. The number of amides is 3. The van der Waals surface area contributed by atoms with Crippen molar-refractivity contribution in [3.05, 3.63) is 0 Å². The summed E-state index contributed by atoms with van der Waals surface area (Å²) >= 11 is 1.88. The van der Waals surface area contributed by atoms with E-state index < -0.39 is 5.54 Å². The third kappa shape index (κ3) is 2.30. The number of rotatable bonds is 5. The Morgan fingerprint density at radius 3 is 2.71 bits per heavy atom. The van der Waals surface area contributed by atoms with Crippen LogP contribution in [0.1, 0.15) is 39.0 Å². The van der Waals surface area contributed by atoms with E-state index in [4.69, 9.17) is 0 Å². The van der Waals surface area contributed by atoms with Crippen LogP contribution in [-0.4, -0.2) is 40.4 Å². The van der Waals surface area contributed by atoms with Crippen molar-refractivity contribution >= 4 is 23.7 Å². The van der Waals surface area contributed by atoms with E-state index in [1.807, 2.05) is 11.8 Å². The number of thioether (sulfide) groups is 1. The van der Waals surface area contributed by atoms with Gasteiger partial charge in [0.2, 0.25) is 0 Å². The Morgan fingerprint density at radius 2 is 2.06 bits per heavy atom. The Hall–Kier alpha value is -0.710. The van der Waals surface area contributed by atoms with Crippen LogP contribution in [0.2, 0.25) is 0 Å². The Labute approximate surface area is 106 Å². The normalized spacial score (nSPS) is 22.5. The van der Waals surface area contributed by atoms with Crippen molar-refractivity contribution in [2.45, 2.75) is 44.6 Å². The highest BCUT2D eigenvalue weighted by Crippen LogP contribution is 2.38. The smallest absolute Gasteiger partial charge is 0.310 e. The van der Waals surface area contributed by atoms with Crippen LogP contribution in [0.15, 0.2) is 0 Å². The minimum Gasteiger partial charge on any atom is -0.310 e. The number of imide groups is 1. The topological polar surface area (TPSA) is 49.4 Å². The molecule has 1 N–H and O–H groups in total. The molecule has 1 aliphatic heterocycles. The SMILES string of the molecule is CCSCCCN1C(=O)NC(=O)C12CCCC2. The first-order valence-electron chi connectivity index (χ1n) is 6.41. The quantitative estimate of drug-likeness (QED) is 0.604. The molecule has 96 valence electrons. The Balaban J connectivity index is 1.97. The number of hydrogen-bond donors (Lipinski definition) is 1. The van der Waals surface area contributed by atoms with Crippen LogP contribution >= 0.6 is 11.8 Å². The maximum absolute atomic E-state index is 11.9. The van der Waals surface area contributed by atoms with Crippen molar-refractivity contribution in [2.75, 3.05) is 18.1 Å². The lowest BCUT2D eigenvalue weighted by Crippen LogP contribution is -2.47. The minimum absolute atomic E-state index is 0.0665. The summed E-state index contributed by atoms with van der Waals surface area (Å²) in [5.41, 5.74) is -0.492. The number of carbonyl (C=O) groups excluding carboxylic acids is 2. The first-order valence-corrected chi connectivity index (χ1v) is 7.57. The van der Waals surface area contributed by atoms with Gasteiger partial charge in [-0.25, -0.2) is 4.79 Å². The monoisotopic (exact) mass is 256 g/mol. The van der Waals surface area contributed by atoms with E-state index >= 15 is 0 Å². The molecule has 17 heavy (non-hydrogen) atoms. The number of carbonyl (C=O) groups is 2. The van der Waals surface area contributed by atoms with Crippen LogP contribution in [0.25, 0.3) is 0 Å². The highest BCUT2D eigenvalue weighted by atomic mass is 32.2. The van der Waals surface area contributed by atoms with E-state index in [2.05, 4.69) is 12.2 Å². The summed E-state index contributed by atoms with van der Waals surface area (Å²) in [6.07, 6.45) is 4.76. The zero-order valence-corrected chi connectivity index (χ0v) is 11.1. The average molecular weight is 256 g/mol. The fraction of sp³-hybridized carbons (Fsp3) is 0.833. The summed E-state index contributed by atoms with van der Waals surface area (Å²) in [5.74, 6) is 2.10. The largest absolute Gasteiger partial charge is 0.325 e. The first kappa shape index (κ1) is 12.7. The van der Waals surface area contributed by atoms with E-state index in [1.165, 1.54) is 0 Å². The fourth-order valence-corrected chi connectivity index (χ4v) is 3.46. The molecule has 2 aliphatic rings. The third-order valence-corrected chi connectivity index (χ3v) is 4.70. The van der Waals surface area contributed by atoms with Crippen LogP contribution in [-0.2, 0) is 4.79 Å². The summed E-state index contributed by atoms with van der Waals surface area (Å²) in [5, 5.41) is 2.48. The molecule has 1 spiro atoms. The summed E-state index contributed by atoms with van der Waals surface area (Å²) < 4.78 is 0. The van der Waals surface area contributed by atoms with E-state index in [9.17, 15) is 9.59 Å². The Kier molecular flexibility index (Phi) is 3.97. The average Bonchev–Trinajstić information content (AvgIpc) is 2.86. The predicted molar refractivity (Wildman–Crippen MR) is 69.1 cm³/mol. The van der Waals surface area contributed by atoms with Crippen LogP contribution in [0.4, 0.5) is 4.79 Å². The molecule has 0 atom stereocenters. The van der Waals surface area contributed by atoms with Gasteiger partial charge in [-0.2, -0.15) is 11.8 Å². The van der Waals surface area contributed by atoms with Gasteiger partial charge in [0, 0.05) is 6.54 Å². The first-order chi connectivity index (χ1) is 8.20. The van der Waals surface area contributed by atoms with Gasteiger partial charge in [0.15, 0.2) is 0 Å². The fourth-order valence-electron chi connectivity index (χ4n) is 2.84. The maximum Gasteiger partial charge on any atom is 0.325 e. The molecule has 3 amide bonds. The molecule has 0 unspecified atom stereocenters. The van der Waals surface area contributed by atoms with Crippen LogP contribution in [0.5, 0.6) is 0 Å². The maximum atomic E-state index is 11.9. The molecule has 2 fully saturated rings. The van der Waals surface area contributed by atoms with Crippen LogP contribution < -0.4 is 5.32 Å². The van der Waals surface area contributed by atoms with Gasteiger partial charge in [-0.1, -0.05) is 19.8 Å². The van der Waals surface area contributed by atoms with Gasteiger partial charge in [0.05, 0.1) is 0 Å². The molecule has 0 aromatic carbocycles.